The zero-order chi connectivity index (χ0) is 33.5. The van der Waals surface area contributed by atoms with E-state index in [9.17, 15) is 18.0 Å². The number of imidazole rings is 1. The number of hydrogen-bond acceptors (Lipinski definition) is 7. The molecule has 0 bridgehead atoms. The van der Waals surface area contributed by atoms with Crippen molar-refractivity contribution in [2.24, 2.45) is 0 Å². The summed E-state index contributed by atoms with van der Waals surface area (Å²) in [5, 5.41) is 9.20. The van der Waals surface area contributed by atoms with Gasteiger partial charge in [-0.15, -0.1) is 0 Å². The summed E-state index contributed by atoms with van der Waals surface area (Å²) in [6, 6.07) is 14.0. The first-order valence-electron chi connectivity index (χ1n) is 15.1. The Balaban J connectivity index is 1.16. The molecular weight excluding hydrogens is 663 g/mol. The molecule has 1 unspecified atom stereocenters. The summed E-state index contributed by atoms with van der Waals surface area (Å²) >= 11 is 13.2. The molecule has 244 valence electrons. The van der Waals surface area contributed by atoms with Crippen molar-refractivity contribution in [3.63, 3.8) is 0 Å². The third kappa shape index (κ3) is 6.16. The second-order valence-electron chi connectivity index (χ2n) is 11.6. The van der Waals surface area contributed by atoms with Crippen LogP contribution in [-0.2, 0) is 21.4 Å². The molecular formula is C33H32Cl2N6O5S. The van der Waals surface area contributed by atoms with Gasteiger partial charge in [-0.05, 0) is 75.2 Å². The lowest BCUT2D eigenvalue weighted by molar-refractivity contribution is -0.136. The van der Waals surface area contributed by atoms with Gasteiger partial charge in [0.15, 0.2) is 11.4 Å². The molecule has 0 spiro atoms. The molecule has 4 aromatic rings. The molecule has 1 atom stereocenters. The van der Waals surface area contributed by atoms with Crippen molar-refractivity contribution in [3.05, 3.63) is 92.9 Å². The van der Waals surface area contributed by atoms with Gasteiger partial charge in [0.25, 0.3) is 5.91 Å². The fourth-order valence-corrected chi connectivity index (χ4v) is 8.57. The summed E-state index contributed by atoms with van der Waals surface area (Å²) in [5.41, 5.74) is 3.69. The number of pyridine rings is 1. The molecule has 0 radical (unpaired) electrons. The smallest absolute Gasteiger partial charge is 0.253 e. The van der Waals surface area contributed by atoms with Crippen LogP contribution in [0.2, 0.25) is 10.0 Å². The summed E-state index contributed by atoms with van der Waals surface area (Å²) in [4.78, 5) is 34.4. The maximum Gasteiger partial charge on any atom is 0.253 e. The Morgan fingerprint density at radius 1 is 1.00 bits per heavy atom. The number of fused-ring (bicyclic) bond motifs is 1. The van der Waals surface area contributed by atoms with Crippen molar-refractivity contribution < 1.29 is 22.7 Å². The Labute approximate surface area is 282 Å². The summed E-state index contributed by atoms with van der Waals surface area (Å²) < 4.78 is 37.3. The summed E-state index contributed by atoms with van der Waals surface area (Å²) in [6.07, 6.45) is 2.77. The molecule has 2 saturated heterocycles. The van der Waals surface area contributed by atoms with Gasteiger partial charge in [-0.1, -0.05) is 23.2 Å². The molecule has 2 aliphatic rings. The molecule has 11 nitrogen and oxygen atoms in total. The number of sulfonamides is 1. The van der Waals surface area contributed by atoms with E-state index in [0.717, 1.165) is 11.4 Å². The van der Waals surface area contributed by atoms with Crippen molar-refractivity contribution in [1.29, 1.82) is 5.26 Å². The van der Waals surface area contributed by atoms with E-state index < -0.39 is 16.1 Å². The average molecular weight is 696 g/mol. The number of piperazine rings is 1. The van der Waals surface area contributed by atoms with E-state index in [1.54, 1.807) is 40.1 Å². The number of benzene rings is 2. The molecule has 2 amide bonds. The van der Waals surface area contributed by atoms with E-state index in [-0.39, 0.29) is 53.0 Å². The van der Waals surface area contributed by atoms with Gasteiger partial charge in [-0.2, -0.15) is 9.57 Å². The third-order valence-corrected chi connectivity index (χ3v) is 11.7. The van der Waals surface area contributed by atoms with E-state index in [1.165, 1.54) is 16.4 Å². The maximum absolute atomic E-state index is 14.1. The highest BCUT2D eigenvalue weighted by Gasteiger charge is 2.43. The predicted molar refractivity (Wildman–Crippen MR) is 176 cm³/mol. The number of nitriles is 1. The van der Waals surface area contributed by atoms with Crippen molar-refractivity contribution in [2.75, 3.05) is 32.7 Å². The molecule has 2 aromatic heterocycles. The number of halogens is 2. The van der Waals surface area contributed by atoms with E-state index >= 15 is 0 Å². The minimum absolute atomic E-state index is 0.0619. The van der Waals surface area contributed by atoms with E-state index in [0.29, 0.717) is 54.0 Å². The summed E-state index contributed by atoms with van der Waals surface area (Å²) in [7, 11) is -4.19. The average Bonchev–Trinajstić information content (AvgIpc) is 3.69. The molecule has 2 aliphatic heterocycles. The fourth-order valence-electron chi connectivity index (χ4n) is 6.06. The molecule has 2 aromatic carbocycles. The third-order valence-electron chi connectivity index (χ3n) is 8.83. The van der Waals surface area contributed by atoms with Gasteiger partial charge in [-0.25, -0.2) is 13.4 Å². The van der Waals surface area contributed by atoms with Crippen LogP contribution in [0.25, 0.3) is 5.65 Å². The standard InChI is InChI=1S/C33H32Cl2N6O5S/c1-21-22(2)40-13-4-6-28(31(40)37-21)46-20-25-26(34)11-12-29(30(25)35)47(44,45)41-14-3-5-27(41)33(43)39-17-15-38(16-18-39)32(42)24-9-7-23(19-36)8-10-24/h4,6-13,27H,3,5,14-18,20H2,1-2H3. The minimum atomic E-state index is -4.19. The predicted octanol–water partition coefficient (Wildman–Crippen LogP) is 4.85. The normalized spacial score (nSPS) is 17.2. The second-order valence-corrected chi connectivity index (χ2v) is 14.2. The highest BCUT2D eigenvalue weighted by molar-refractivity contribution is 7.89. The van der Waals surface area contributed by atoms with Gasteiger partial charge < -0.3 is 18.9 Å². The summed E-state index contributed by atoms with van der Waals surface area (Å²) in [6.45, 7) is 5.10. The Morgan fingerprint density at radius 3 is 2.40 bits per heavy atom. The fraction of sp³-hybridized carbons (Fsp3) is 0.333. The minimum Gasteiger partial charge on any atom is -0.485 e. The number of amides is 2. The number of nitrogens with zero attached hydrogens (tertiary/aromatic N) is 6. The molecule has 0 saturated carbocycles. The lowest BCUT2D eigenvalue weighted by atomic mass is 10.1. The van der Waals surface area contributed by atoms with Crippen LogP contribution in [0.3, 0.4) is 0 Å². The van der Waals surface area contributed by atoms with Crippen LogP contribution in [-0.4, -0.2) is 82.5 Å². The number of carbonyl (C=O) groups excluding carboxylic acids is 2. The molecule has 6 rings (SSSR count). The first kappa shape index (κ1) is 32.8. The van der Waals surface area contributed by atoms with Crippen LogP contribution < -0.4 is 4.74 Å². The van der Waals surface area contributed by atoms with Crippen LogP contribution in [0, 0.1) is 25.2 Å². The number of hydrogen-bond donors (Lipinski definition) is 0. The highest BCUT2D eigenvalue weighted by Crippen LogP contribution is 2.36. The zero-order valence-electron chi connectivity index (χ0n) is 25.8. The van der Waals surface area contributed by atoms with Gasteiger partial charge in [0, 0.05) is 60.8 Å². The Hall–Kier alpha value is -4.15. The van der Waals surface area contributed by atoms with Gasteiger partial charge in [0.2, 0.25) is 15.9 Å². The largest absolute Gasteiger partial charge is 0.485 e. The Kier molecular flexibility index (Phi) is 9.18. The first-order chi connectivity index (χ1) is 22.5. The lowest BCUT2D eigenvalue weighted by Gasteiger charge is -2.37. The molecule has 0 N–H and O–H groups in total. The van der Waals surface area contributed by atoms with E-state index in [4.69, 9.17) is 33.2 Å². The first-order valence-corrected chi connectivity index (χ1v) is 17.3. The Bertz CT molecular complexity index is 2020. The molecule has 47 heavy (non-hydrogen) atoms. The van der Waals surface area contributed by atoms with Crippen molar-refractivity contribution in [2.45, 2.75) is 44.2 Å². The van der Waals surface area contributed by atoms with Crippen LogP contribution in [0.1, 0.15) is 45.7 Å². The van der Waals surface area contributed by atoms with Gasteiger partial charge in [0.05, 0.1) is 22.3 Å². The highest BCUT2D eigenvalue weighted by atomic mass is 35.5. The topological polar surface area (TPSA) is 128 Å². The van der Waals surface area contributed by atoms with Crippen molar-refractivity contribution in [1.82, 2.24) is 23.5 Å². The Morgan fingerprint density at radius 2 is 1.70 bits per heavy atom. The van der Waals surface area contributed by atoms with Crippen LogP contribution in [0.15, 0.2) is 59.6 Å². The number of carbonyl (C=O) groups is 2. The van der Waals surface area contributed by atoms with Gasteiger partial charge in [-0.3, -0.25) is 9.59 Å². The molecule has 2 fully saturated rings. The number of rotatable bonds is 7. The molecule has 4 heterocycles. The maximum atomic E-state index is 14.1. The van der Waals surface area contributed by atoms with Crippen LogP contribution in [0.5, 0.6) is 5.75 Å². The second kappa shape index (κ2) is 13.2. The summed E-state index contributed by atoms with van der Waals surface area (Å²) in [5.74, 6) is 0.00656. The van der Waals surface area contributed by atoms with E-state index in [1.807, 2.05) is 36.6 Å². The SMILES string of the molecule is Cc1nc2c(OCc3c(Cl)ccc(S(=O)(=O)N4CCCC4C(=O)N4CCN(C(=O)c5ccc(C#N)cc5)CC4)c3Cl)cccn2c1C. The van der Waals surface area contributed by atoms with E-state index in [2.05, 4.69) is 4.98 Å². The van der Waals surface area contributed by atoms with Crippen molar-refractivity contribution in [3.8, 4) is 11.8 Å². The van der Waals surface area contributed by atoms with Crippen molar-refractivity contribution >= 4 is 50.7 Å². The molecule has 14 heteroatoms. The number of ether oxygens (including phenoxy) is 1. The number of aryl methyl sites for hydroxylation is 2. The number of aromatic nitrogens is 2. The molecule has 0 aliphatic carbocycles. The lowest BCUT2D eigenvalue weighted by Crippen LogP contribution is -2.55. The monoisotopic (exact) mass is 694 g/mol. The zero-order valence-corrected chi connectivity index (χ0v) is 28.1. The van der Waals surface area contributed by atoms with Gasteiger partial charge in [0.1, 0.15) is 17.5 Å². The van der Waals surface area contributed by atoms with Crippen LogP contribution >= 0.6 is 23.2 Å². The van der Waals surface area contributed by atoms with Crippen LogP contribution in [0.4, 0.5) is 0 Å². The quantitative estimate of drug-likeness (QED) is 0.271. The van der Waals surface area contributed by atoms with Gasteiger partial charge >= 0.3 is 0 Å².